The molecular formula is C11H15N. The molecule has 0 spiro atoms. The second kappa shape index (κ2) is 4.05. The number of hydrogen-bond acceptors (Lipinski definition) is 1. The van der Waals surface area contributed by atoms with E-state index in [2.05, 4.69) is 30.1 Å². The van der Waals surface area contributed by atoms with E-state index in [0.29, 0.717) is 0 Å². The van der Waals surface area contributed by atoms with Crippen LogP contribution in [0, 0.1) is 13.8 Å². The molecule has 0 aliphatic heterocycles. The van der Waals surface area contributed by atoms with Crippen LogP contribution in [0.2, 0.25) is 0 Å². The summed E-state index contributed by atoms with van der Waals surface area (Å²) in [4.78, 5) is 4.38. The van der Waals surface area contributed by atoms with Crippen molar-refractivity contribution in [3.8, 4) is 0 Å². The van der Waals surface area contributed by atoms with Gasteiger partial charge in [-0.05, 0) is 31.9 Å². The Morgan fingerprint density at radius 3 is 2.67 bits per heavy atom. The molecule has 1 aromatic rings. The van der Waals surface area contributed by atoms with Crippen LogP contribution in [-0.4, -0.2) is 4.98 Å². The van der Waals surface area contributed by atoms with Crippen molar-refractivity contribution in [1.29, 1.82) is 0 Å². The highest BCUT2D eigenvalue weighted by molar-refractivity contribution is 5.51. The van der Waals surface area contributed by atoms with Gasteiger partial charge in [0.25, 0.3) is 0 Å². The molecule has 0 N–H and O–H groups in total. The molecule has 1 nitrogen and oxygen atoms in total. The first-order valence-corrected chi connectivity index (χ1v) is 4.35. The minimum Gasteiger partial charge on any atom is -0.258 e. The van der Waals surface area contributed by atoms with Crippen LogP contribution in [0.3, 0.4) is 0 Å². The second-order valence-electron chi connectivity index (χ2n) is 2.94. The van der Waals surface area contributed by atoms with Crippen LogP contribution in [0.15, 0.2) is 18.2 Å². The Labute approximate surface area is 74.2 Å². The number of aromatic nitrogens is 1. The molecule has 0 fully saturated rings. The monoisotopic (exact) mass is 161 g/mol. The highest BCUT2D eigenvalue weighted by Crippen LogP contribution is 2.08. The van der Waals surface area contributed by atoms with Gasteiger partial charge in [-0.1, -0.05) is 25.1 Å². The van der Waals surface area contributed by atoms with Crippen LogP contribution in [0.5, 0.6) is 0 Å². The zero-order valence-corrected chi connectivity index (χ0v) is 7.96. The molecule has 1 rings (SSSR count). The molecule has 0 radical (unpaired) electrons. The number of nitrogens with zero attached hydrogens (tertiary/aromatic N) is 1. The highest BCUT2D eigenvalue weighted by atomic mass is 14.7. The quantitative estimate of drug-likeness (QED) is 0.649. The van der Waals surface area contributed by atoms with Gasteiger partial charge in [0, 0.05) is 11.4 Å². The summed E-state index contributed by atoms with van der Waals surface area (Å²) >= 11 is 0. The van der Waals surface area contributed by atoms with Crippen molar-refractivity contribution in [3.63, 3.8) is 0 Å². The lowest BCUT2D eigenvalue weighted by atomic mass is 10.1. The lowest BCUT2D eigenvalue weighted by molar-refractivity contribution is 1.11. The first-order valence-electron chi connectivity index (χ1n) is 4.35. The van der Waals surface area contributed by atoms with Gasteiger partial charge in [0.1, 0.15) is 0 Å². The topological polar surface area (TPSA) is 12.9 Å². The normalized spacial score (nSPS) is 10.9. The van der Waals surface area contributed by atoms with Crippen molar-refractivity contribution in [1.82, 2.24) is 4.98 Å². The van der Waals surface area contributed by atoms with Crippen molar-refractivity contribution >= 4 is 6.08 Å². The molecule has 0 saturated carbocycles. The maximum Gasteiger partial charge on any atom is 0.0447 e. The maximum atomic E-state index is 4.38. The van der Waals surface area contributed by atoms with E-state index in [0.717, 1.165) is 17.8 Å². The number of rotatable bonds is 2. The fourth-order valence-electron chi connectivity index (χ4n) is 1.12. The van der Waals surface area contributed by atoms with Gasteiger partial charge in [-0.25, -0.2) is 0 Å². The Balaban J connectivity index is 2.94. The zero-order valence-electron chi connectivity index (χ0n) is 7.96. The molecule has 0 aromatic carbocycles. The molecular weight excluding hydrogens is 146 g/mol. The van der Waals surface area contributed by atoms with Crippen LogP contribution >= 0.6 is 0 Å². The van der Waals surface area contributed by atoms with Crippen molar-refractivity contribution < 1.29 is 0 Å². The van der Waals surface area contributed by atoms with Crippen LogP contribution in [-0.2, 0) is 0 Å². The van der Waals surface area contributed by atoms with E-state index in [9.17, 15) is 0 Å². The van der Waals surface area contributed by atoms with E-state index in [1.165, 1.54) is 5.56 Å². The lowest BCUT2D eigenvalue weighted by Crippen LogP contribution is -1.88. The number of pyridine rings is 1. The third-order valence-electron chi connectivity index (χ3n) is 1.80. The SMILES string of the molecule is CC/C=C\c1ccc(C)nc1C. The molecule has 12 heavy (non-hydrogen) atoms. The number of hydrogen-bond donors (Lipinski definition) is 0. The van der Waals surface area contributed by atoms with Gasteiger partial charge >= 0.3 is 0 Å². The van der Waals surface area contributed by atoms with Crippen molar-refractivity contribution in [2.24, 2.45) is 0 Å². The molecule has 0 aliphatic rings. The fraction of sp³-hybridized carbons (Fsp3) is 0.364. The van der Waals surface area contributed by atoms with E-state index >= 15 is 0 Å². The smallest absolute Gasteiger partial charge is 0.0447 e. The summed E-state index contributed by atoms with van der Waals surface area (Å²) in [6, 6.07) is 4.16. The summed E-state index contributed by atoms with van der Waals surface area (Å²) in [5.74, 6) is 0. The summed E-state index contributed by atoms with van der Waals surface area (Å²) in [7, 11) is 0. The molecule has 1 heterocycles. The van der Waals surface area contributed by atoms with Gasteiger partial charge in [-0.15, -0.1) is 0 Å². The van der Waals surface area contributed by atoms with E-state index in [-0.39, 0.29) is 0 Å². The lowest BCUT2D eigenvalue weighted by Gasteiger charge is -1.99. The van der Waals surface area contributed by atoms with E-state index < -0.39 is 0 Å². The molecule has 0 saturated heterocycles. The Morgan fingerprint density at radius 1 is 1.33 bits per heavy atom. The summed E-state index contributed by atoms with van der Waals surface area (Å²) in [5, 5.41) is 0. The predicted octanol–water partition coefficient (Wildman–Crippen LogP) is 3.12. The molecule has 64 valence electrons. The van der Waals surface area contributed by atoms with Crippen molar-refractivity contribution in [3.05, 3.63) is 35.2 Å². The Morgan fingerprint density at radius 2 is 2.08 bits per heavy atom. The summed E-state index contributed by atoms with van der Waals surface area (Å²) in [6.45, 7) is 6.19. The van der Waals surface area contributed by atoms with Crippen molar-refractivity contribution in [2.75, 3.05) is 0 Å². The first-order chi connectivity index (χ1) is 5.74. The molecule has 0 amide bonds. The molecule has 0 atom stereocenters. The van der Waals surface area contributed by atoms with E-state index in [1.54, 1.807) is 0 Å². The van der Waals surface area contributed by atoms with Crippen LogP contribution in [0.4, 0.5) is 0 Å². The first kappa shape index (κ1) is 8.98. The average Bonchev–Trinajstić information content (AvgIpc) is 2.03. The number of aryl methyl sites for hydroxylation is 2. The minimum atomic E-state index is 1.08. The Bertz CT molecular complexity index is 287. The summed E-state index contributed by atoms with van der Waals surface area (Å²) < 4.78 is 0. The second-order valence-corrected chi connectivity index (χ2v) is 2.94. The third-order valence-corrected chi connectivity index (χ3v) is 1.80. The van der Waals surface area contributed by atoms with Gasteiger partial charge in [-0.2, -0.15) is 0 Å². The van der Waals surface area contributed by atoms with Crippen molar-refractivity contribution in [2.45, 2.75) is 27.2 Å². The Kier molecular flexibility index (Phi) is 3.03. The summed E-state index contributed by atoms with van der Waals surface area (Å²) in [5.41, 5.74) is 3.42. The number of allylic oxidation sites excluding steroid dienone is 1. The van der Waals surface area contributed by atoms with Crippen LogP contribution in [0.1, 0.15) is 30.3 Å². The zero-order chi connectivity index (χ0) is 8.97. The standard InChI is InChI=1S/C11H15N/c1-4-5-6-11-8-7-9(2)12-10(11)3/h5-8H,4H2,1-3H3/b6-5-. The molecule has 1 aromatic heterocycles. The van der Waals surface area contributed by atoms with E-state index in [4.69, 9.17) is 0 Å². The van der Waals surface area contributed by atoms with Gasteiger partial charge in [-0.3, -0.25) is 4.98 Å². The van der Waals surface area contributed by atoms with Crippen LogP contribution < -0.4 is 0 Å². The third kappa shape index (κ3) is 2.19. The van der Waals surface area contributed by atoms with Crippen LogP contribution in [0.25, 0.3) is 6.08 Å². The molecule has 0 aliphatic carbocycles. The highest BCUT2D eigenvalue weighted by Gasteiger charge is 1.93. The van der Waals surface area contributed by atoms with Gasteiger partial charge < -0.3 is 0 Å². The average molecular weight is 161 g/mol. The Hall–Kier alpha value is -1.11. The fourth-order valence-corrected chi connectivity index (χ4v) is 1.12. The molecule has 1 heteroatoms. The van der Waals surface area contributed by atoms with Gasteiger partial charge in [0.05, 0.1) is 0 Å². The van der Waals surface area contributed by atoms with Gasteiger partial charge in [0.2, 0.25) is 0 Å². The van der Waals surface area contributed by atoms with E-state index in [1.807, 2.05) is 19.9 Å². The predicted molar refractivity (Wildman–Crippen MR) is 53.0 cm³/mol. The van der Waals surface area contributed by atoms with Gasteiger partial charge in [0.15, 0.2) is 0 Å². The maximum absolute atomic E-state index is 4.38. The summed E-state index contributed by atoms with van der Waals surface area (Å²) in [6.07, 6.45) is 5.36. The largest absolute Gasteiger partial charge is 0.258 e. The molecule has 0 unspecified atom stereocenters. The molecule has 0 bridgehead atoms. The minimum absolute atomic E-state index is 1.08.